The molecule has 4 rings (SSSR count). The van der Waals surface area contributed by atoms with E-state index >= 15 is 0 Å². The molecule has 3 heterocycles. The number of hydrogen-bond acceptors (Lipinski definition) is 6. The van der Waals surface area contributed by atoms with E-state index in [0.29, 0.717) is 24.4 Å². The average Bonchev–Trinajstić information content (AvgIpc) is 3.42. The van der Waals surface area contributed by atoms with Crippen LogP contribution in [0.1, 0.15) is 32.1 Å². The van der Waals surface area contributed by atoms with Crippen LogP contribution in [0.2, 0.25) is 0 Å². The number of halogens is 1. The summed E-state index contributed by atoms with van der Waals surface area (Å²) in [6.07, 6.45) is 3.87. The minimum absolute atomic E-state index is 0.0445. The topological polar surface area (TPSA) is 108 Å². The van der Waals surface area contributed by atoms with E-state index in [1.807, 2.05) is 0 Å². The number of carbonyl (C=O) groups excluding carboxylic acids is 3. The minimum atomic E-state index is -0.658. The number of rotatable bonds is 10. The molecule has 0 saturated carbocycles. The van der Waals surface area contributed by atoms with Crippen molar-refractivity contribution in [1.29, 1.82) is 0 Å². The molecule has 1 aromatic rings. The van der Waals surface area contributed by atoms with Gasteiger partial charge >= 0.3 is 0 Å². The van der Waals surface area contributed by atoms with Crippen LogP contribution in [0.4, 0.5) is 5.69 Å². The van der Waals surface area contributed by atoms with Crippen LogP contribution in [0.3, 0.4) is 0 Å². The molecule has 34 heavy (non-hydrogen) atoms. The van der Waals surface area contributed by atoms with Gasteiger partial charge < -0.3 is 25.4 Å². The highest BCUT2D eigenvalue weighted by Gasteiger charge is 2.75. The molecular formula is C24H32BrN3O5S. The number of ether oxygens (including phenoxy) is 1. The number of unbranched alkanes of at least 4 members (excludes halogenated alkanes) is 3. The highest BCUT2D eigenvalue weighted by Crippen LogP contribution is 2.67. The molecule has 2 bridgehead atoms. The Morgan fingerprint density at radius 2 is 1.91 bits per heavy atom. The van der Waals surface area contributed by atoms with Gasteiger partial charge in [0, 0.05) is 36.0 Å². The number of aliphatic hydroxyl groups is 1. The lowest BCUT2D eigenvalue weighted by atomic mass is 9.70. The fraction of sp³-hybridized carbons (Fsp3) is 0.625. The van der Waals surface area contributed by atoms with Crippen LogP contribution in [0.25, 0.3) is 0 Å². The van der Waals surface area contributed by atoms with Crippen molar-refractivity contribution in [1.82, 2.24) is 10.2 Å². The number of likely N-dealkylation sites (tertiary alicyclic amines) is 1. The second-order valence-electron chi connectivity index (χ2n) is 9.16. The van der Waals surface area contributed by atoms with Gasteiger partial charge in [0.05, 0.1) is 23.7 Å². The first-order valence-corrected chi connectivity index (χ1v) is 13.6. The van der Waals surface area contributed by atoms with E-state index in [0.717, 1.165) is 25.7 Å². The standard InChI is InChI=1S/C24H32BrN3O5S/c1-26-21(30)17-18-23(32)28(11-5-3-4-6-12-29)20(24(18)13-16(25)19(17)34-24)22(31)27-14-7-9-15(33-2)10-8-14/h7-10,16-20,29H,3-6,11-13H2,1-2H3,(H,26,30)(H,27,31)/t16?,17-,18+,19-,20?,24?/m1/s1. The number of anilines is 1. The number of methoxy groups -OCH3 is 1. The monoisotopic (exact) mass is 553 g/mol. The normalized spacial score (nSPS) is 31.5. The van der Waals surface area contributed by atoms with E-state index < -0.39 is 22.6 Å². The molecular weight excluding hydrogens is 522 g/mol. The molecule has 0 aromatic heterocycles. The third-order valence-corrected chi connectivity index (χ3v) is 10.5. The van der Waals surface area contributed by atoms with Crippen LogP contribution < -0.4 is 15.4 Å². The van der Waals surface area contributed by atoms with Crippen molar-refractivity contribution in [3.63, 3.8) is 0 Å². The summed E-state index contributed by atoms with van der Waals surface area (Å²) in [5.41, 5.74) is 0.636. The van der Waals surface area contributed by atoms with E-state index in [4.69, 9.17) is 9.84 Å². The molecule has 3 amide bonds. The van der Waals surface area contributed by atoms with Gasteiger partial charge in [-0.1, -0.05) is 28.8 Å². The number of thioether (sulfide) groups is 1. The van der Waals surface area contributed by atoms with Gasteiger partial charge in [0.25, 0.3) is 0 Å². The van der Waals surface area contributed by atoms with Crippen molar-refractivity contribution in [2.45, 2.75) is 53.0 Å². The fourth-order valence-corrected chi connectivity index (χ4v) is 9.38. The maximum absolute atomic E-state index is 13.8. The smallest absolute Gasteiger partial charge is 0.248 e. The number of fused-ring (bicyclic) bond motifs is 1. The average molecular weight is 555 g/mol. The zero-order chi connectivity index (χ0) is 24.5. The summed E-state index contributed by atoms with van der Waals surface area (Å²) in [6, 6.07) is 6.46. The molecule has 1 spiro atoms. The molecule has 3 fully saturated rings. The van der Waals surface area contributed by atoms with Crippen LogP contribution in [-0.2, 0) is 14.4 Å². The maximum Gasteiger partial charge on any atom is 0.248 e. The lowest BCUT2D eigenvalue weighted by Crippen LogP contribution is -2.53. The van der Waals surface area contributed by atoms with Crippen molar-refractivity contribution in [2.75, 3.05) is 32.6 Å². The summed E-state index contributed by atoms with van der Waals surface area (Å²) in [5, 5.41) is 14.7. The molecule has 3 aliphatic heterocycles. The van der Waals surface area contributed by atoms with Crippen LogP contribution >= 0.6 is 27.7 Å². The van der Waals surface area contributed by atoms with Crippen molar-refractivity contribution >= 4 is 51.1 Å². The molecule has 1 aromatic carbocycles. The van der Waals surface area contributed by atoms with E-state index in [2.05, 4.69) is 26.6 Å². The second kappa shape index (κ2) is 10.5. The Bertz CT molecular complexity index is 932. The second-order valence-corrected chi connectivity index (χ2v) is 11.9. The number of nitrogens with one attached hydrogen (secondary N) is 2. The summed E-state index contributed by atoms with van der Waals surface area (Å²) in [7, 11) is 3.18. The van der Waals surface area contributed by atoms with Crippen molar-refractivity contribution in [3.05, 3.63) is 24.3 Å². The molecule has 186 valence electrons. The highest BCUT2D eigenvalue weighted by molar-refractivity contribution is 9.09. The van der Waals surface area contributed by atoms with Crippen LogP contribution in [0.5, 0.6) is 5.75 Å². The number of hydrogen-bond donors (Lipinski definition) is 3. The molecule has 0 radical (unpaired) electrons. The first kappa shape index (κ1) is 25.3. The number of aliphatic hydroxyl groups excluding tert-OH is 1. The summed E-state index contributed by atoms with van der Waals surface area (Å²) >= 11 is 5.38. The van der Waals surface area contributed by atoms with Crippen molar-refractivity contribution < 1.29 is 24.2 Å². The molecule has 3 unspecified atom stereocenters. The Labute approximate surface area is 212 Å². The molecule has 3 saturated heterocycles. The Hall–Kier alpha value is -1.78. The fourth-order valence-electron chi connectivity index (χ4n) is 5.77. The summed E-state index contributed by atoms with van der Waals surface area (Å²) in [6.45, 7) is 0.612. The van der Waals surface area contributed by atoms with Gasteiger partial charge in [0.15, 0.2) is 0 Å². The van der Waals surface area contributed by atoms with Crippen LogP contribution in [0.15, 0.2) is 24.3 Å². The number of alkyl halides is 1. The van der Waals surface area contributed by atoms with Crippen LogP contribution in [0, 0.1) is 11.8 Å². The first-order chi connectivity index (χ1) is 16.4. The van der Waals surface area contributed by atoms with E-state index in [1.165, 1.54) is 0 Å². The van der Waals surface area contributed by atoms with Crippen LogP contribution in [-0.4, -0.2) is 75.9 Å². The van der Waals surface area contributed by atoms with E-state index in [-0.39, 0.29) is 34.4 Å². The van der Waals surface area contributed by atoms with Gasteiger partial charge in [-0.2, -0.15) is 0 Å². The zero-order valence-electron chi connectivity index (χ0n) is 19.5. The third kappa shape index (κ3) is 4.33. The summed E-state index contributed by atoms with van der Waals surface area (Å²) in [5.74, 6) is -0.739. The number of amides is 3. The molecule has 3 N–H and O–H groups in total. The predicted molar refractivity (Wildman–Crippen MR) is 135 cm³/mol. The predicted octanol–water partition coefficient (Wildman–Crippen LogP) is 2.40. The number of carbonyl (C=O) groups is 3. The molecule has 3 aliphatic rings. The maximum atomic E-state index is 13.8. The molecule has 8 nitrogen and oxygen atoms in total. The van der Waals surface area contributed by atoms with Gasteiger partial charge in [-0.05, 0) is 43.5 Å². The largest absolute Gasteiger partial charge is 0.497 e. The molecule has 0 aliphatic carbocycles. The Morgan fingerprint density at radius 3 is 2.56 bits per heavy atom. The van der Waals surface area contributed by atoms with Gasteiger partial charge in [-0.25, -0.2) is 0 Å². The van der Waals surface area contributed by atoms with Gasteiger partial charge in [0.1, 0.15) is 11.8 Å². The Balaban J connectivity index is 1.62. The Morgan fingerprint density at radius 1 is 1.21 bits per heavy atom. The minimum Gasteiger partial charge on any atom is -0.497 e. The molecule has 10 heteroatoms. The van der Waals surface area contributed by atoms with E-state index in [1.54, 1.807) is 55.1 Å². The lowest BCUT2D eigenvalue weighted by Gasteiger charge is -2.35. The Kier molecular flexibility index (Phi) is 7.79. The summed E-state index contributed by atoms with van der Waals surface area (Å²) < 4.78 is 4.56. The number of benzene rings is 1. The third-order valence-electron chi connectivity index (χ3n) is 7.25. The van der Waals surface area contributed by atoms with Gasteiger partial charge in [0.2, 0.25) is 17.7 Å². The van der Waals surface area contributed by atoms with Gasteiger partial charge in [-0.3, -0.25) is 14.4 Å². The van der Waals surface area contributed by atoms with Crippen molar-refractivity contribution in [2.24, 2.45) is 11.8 Å². The lowest BCUT2D eigenvalue weighted by molar-refractivity contribution is -0.139. The zero-order valence-corrected chi connectivity index (χ0v) is 21.9. The summed E-state index contributed by atoms with van der Waals surface area (Å²) in [4.78, 5) is 42.1. The van der Waals surface area contributed by atoms with Crippen molar-refractivity contribution in [3.8, 4) is 5.75 Å². The quantitative estimate of drug-likeness (QED) is 0.303. The van der Waals surface area contributed by atoms with E-state index in [9.17, 15) is 14.4 Å². The number of nitrogens with zero attached hydrogens (tertiary/aromatic N) is 1. The first-order valence-electron chi connectivity index (χ1n) is 11.8. The SMILES string of the molecule is CNC(=O)[C@H]1[C@@H]2SC3(CC2Br)C(C(=O)Nc2ccc(OC)cc2)N(CCCCCCO)C(=O)[C@H]13. The highest BCUT2D eigenvalue weighted by atomic mass is 79.9. The molecule has 6 atom stereocenters. The van der Waals surface area contributed by atoms with Gasteiger partial charge in [-0.15, -0.1) is 11.8 Å².